The maximum absolute atomic E-state index is 11.9. The zero-order valence-electron chi connectivity index (χ0n) is 10.3. The number of aliphatic hydroxyl groups excluding tert-OH is 1. The number of rotatable bonds is 7. The molecular formula is C13H19NO3S. The summed E-state index contributed by atoms with van der Waals surface area (Å²) in [7, 11) is -3.28. The average molecular weight is 269 g/mol. The van der Waals surface area contributed by atoms with Crippen LogP contribution in [0.3, 0.4) is 0 Å². The summed E-state index contributed by atoms with van der Waals surface area (Å²) in [4.78, 5) is 0. The highest BCUT2D eigenvalue weighted by atomic mass is 32.2. The SMILES string of the molecule is O=S(=O)(Cc1ccccc1)NCC1(CCO)CC1. The molecule has 2 rings (SSSR count). The molecule has 5 heteroatoms. The van der Waals surface area contributed by atoms with Crippen molar-refractivity contribution in [1.82, 2.24) is 4.72 Å². The van der Waals surface area contributed by atoms with Crippen molar-refractivity contribution in [2.75, 3.05) is 13.2 Å². The summed E-state index contributed by atoms with van der Waals surface area (Å²) < 4.78 is 26.5. The normalized spacial score (nSPS) is 17.6. The van der Waals surface area contributed by atoms with Crippen molar-refractivity contribution in [3.63, 3.8) is 0 Å². The second kappa shape index (κ2) is 5.38. The summed E-state index contributed by atoms with van der Waals surface area (Å²) in [6.07, 6.45) is 2.68. The van der Waals surface area contributed by atoms with E-state index in [1.165, 1.54) is 0 Å². The topological polar surface area (TPSA) is 66.4 Å². The highest BCUT2D eigenvalue weighted by Gasteiger charge is 2.42. The first-order chi connectivity index (χ1) is 8.55. The highest BCUT2D eigenvalue weighted by Crippen LogP contribution is 2.48. The second-order valence-corrected chi connectivity index (χ2v) is 6.85. The van der Waals surface area contributed by atoms with Gasteiger partial charge < -0.3 is 5.11 Å². The molecule has 0 heterocycles. The maximum atomic E-state index is 11.9. The minimum atomic E-state index is -3.28. The third kappa shape index (κ3) is 3.80. The fourth-order valence-corrected chi connectivity index (χ4v) is 3.30. The standard InChI is InChI=1S/C13H19NO3S/c15-9-8-13(6-7-13)11-14-18(16,17)10-12-4-2-1-3-5-12/h1-5,14-15H,6-11H2. The molecule has 100 valence electrons. The summed E-state index contributed by atoms with van der Waals surface area (Å²) in [5.41, 5.74) is 0.801. The Labute approximate surface area is 108 Å². The molecule has 0 atom stereocenters. The summed E-state index contributed by atoms with van der Waals surface area (Å²) in [6, 6.07) is 9.14. The minimum Gasteiger partial charge on any atom is -0.396 e. The van der Waals surface area contributed by atoms with Gasteiger partial charge in [-0.3, -0.25) is 0 Å². The van der Waals surface area contributed by atoms with Crippen LogP contribution in [0.2, 0.25) is 0 Å². The van der Waals surface area contributed by atoms with Crippen LogP contribution in [-0.4, -0.2) is 26.7 Å². The van der Waals surface area contributed by atoms with Crippen molar-refractivity contribution in [2.45, 2.75) is 25.0 Å². The fourth-order valence-electron chi connectivity index (χ4n) is 2.04. The van der Waals surface area contributed by atoms with Gasteiger partial charge in [0, 0.05) is 13.2 Å². The zero-order chi connectivity index (χ0) is 13.1. The van der Waals surface area contributed by atoms with Gasteiger partial charge >= 0.3 is 0 Å². The largest absolute Gasteiger partial charge is 0.396 e. The molecule has 0 aromatic heterocycles. The Morgan fingerprint density at radius 3 is 2.44 bits per heavy atom. The number of hydrogen-bond donors (Lipinski definition) is 2. The lowest BCUT2D eigenvalue weighted by atomic mass is 10.0. The van der Waals surface area contributed by atoms with Crippen molar-refractivity contribution in [2.24, 2.45) is 5.41 Å². The van der Waals surface area contributed by atoms with Crippen LogP contribution in [0.1, 0.15) is 24.8 Å². The monoisotopic (exact) mass is 269 g/mol. The van der Waals surface area contributed by atoms with E-state index in [1.54, 1.807) is 12.1 Å². The number of hydrogen-bond acceptors (Lipinski definition) is 3. The molecule has 1 aromatic rings. The van der Waals surface area contributed by atoms with Gasteiger partial charge in [-0.1, -0.05) is 30.3 Å². The van der Waals surface area contributed by atoms with Gasteiger partial charge in [0.2, 0.25) is 10.0 Å². The first-order valence-corrected chi connectivity index (χ1v) is 7.83. The molecule has 0 spiro atoms. The summed E-state index contributed by atoms with van der Waals surface area (Å²) in [6.45, 7) is 0.573. The molecule has 18 heavy (non-hydrogen) atoms. The summed E-state index contributed by atoms with van der Waals surface area (Å²) >= 11 is 0. The highest BCUT2D eigenvalue weighted by molar-refractivity contribution is 7.88. The Morgan fingerprint density at radius 1 is 1.22 bits per heavy atom. The van der Waals surface area contributed by atoms with Crippen molar-refractivity contribution < 1.29 is 13.5 Å². The first-order valence-electron chi connectivity index (χ1n) is 6.17. The first kappa shape index (κ1) is 13.5. The van der Waals surface area contributed by atoms with Gasteiger partial charge in [-0.05, 0) is 30.2 Å². The Bertz CT molecular complexity index is 480. The van der Waals surface area contributed by atoms with E-state index in [4.69, 9.17) is 5.11 Å². The number of nitrogens with one attached hydrogen (secondary N) is 1. The summed E-state index contributed by atoms with van der Waals surface area (Å²) in [5.74, 6) is 0.0169. The Hall–Kier alpha value is -0.910. The van der Waals surface area contributed by atoms with E-state index in [0.717, 1.165) is 18.4 Å². The quantitative estimate of drug-likeness (QED) is 0.783. The van der Waals surface area contributed by atoms with E-state index in [9.17, 15) is 8.42 Å². The molecule has 1 aromatic carbocycles. The van der Waals surface area contributed by atoms with Crippen molar-refractivity contribution in [3.8, 4) is 0 Å². The molecule has 0 unspecified atom stereocenters. The van der Waals surface area contributed by atoms with E-state index in [1.807, 2.05) is 18.2 Å². The van der Waals surface area contributed by atoms with E-state index in [2.05, 4.69) is 4.72 Å². The van der Waals surface area contributed by atoms with Crippen LogP contribution in [0, 0.1) is 5.41 Å². The van der Waals surface area contributed by atoms with Crippen molar-refractivity contribution >= 4 is 10.0 Å². The van der Waals surface area contributed by atoms with Crippen LogP contribution in [0.15, 0.2) is 30.3 Å². The van der Waals surface area contributed by atoms with Crippen molar-refractivity contribution in [3.05, 3.63) is 35.9 Å². The molecule has 1 aliphatic carbocycles. The van der Waals surface area contributed by atoms with E-state index in [0.29, 0.717) is 13.0 Å². The van der Waals surface area contributed by atoms with Gasteiger partial charge in [-0.15, -0.1) is 0 Å². The lowest BCUT2D eigenvalue weighted by Gasteiger charge is -2.14. The van der Waals surface area contributed by atoms with Gasteiger partial charge in [0.15, 0.2) is 0 Å². The second-order valence-electron chi connectivity index (χ2n) is 5.04. The molecule has 0 amide bonds. The van der Waals surface area contributed by atoms with E-state index in [-0.39, 0.29) is 17.8 Å². The molecular weight excluding hydrogens is 250 g/mol. The van der Waals surface area contributed by atoms with Gasteiger partial charge in [0.25, 0.3) is 0 Å². The van der Waals surface area contributed by atoms with Crippen LogP contribution in [0.25, 0.3) is 0 Å². The lowest BCUT2D eigenvalue weighted by molar-refractivity contribution is 0.249. The smallest absolute Gasteiger partial charge is 0.215 e. The van der Waals surface area contributed by atoms with Crippen LogP contribution < -0.4 is 4.72 Å². The van der Waals surface area contributed by atoms with Crippen LogP contribution >= 0.6 is 0 Å². The third-order valence-electron chi connectivity index (χ3n) is 3.47. The van der Waals surface area contributed by atoms with Crippen molar-refractivity contribution in [1.29, 1.82) is 0 Å². The minimum absolute atomic E-state index is 0.0124. The van der Waals surface area contributed by atoms with Gasteiger partial charge in [-0.2, -0.15) is 0 Å². The van der Waals surface area contributed by atoms with Gasteiger partial charge in [0.1, 0.15) is 0 Å². The Morgan fingerprint density at radius 2 is 1.89 bits per heavy atom. The fraction of sp³-hybridized carbons (Fsp3) is 0.538. The van der Waals surface area contributed by atoms with Crippen LogP contribution in [0.4, 0.5) is 0 Å². The number of sulfonamides is 1. The average Bonchev–Trinajstić information content (AvgIpc) is 3.09. The van der Waals surface area contributed by atoms with Crippen LogP contribution in [-0.2, 0) is 15.8 Å². The molecule has 2 N–H and O–H groups in total. The van der Waals surface area contributed by atoms with Crippen LogP contribution in [0.5, 0.6) is 0 Å². The predicted octanol–water partition coefficient (Wildman–Crippen LogP) is 1.27. The van der Waals surface area contributed by atoms with E-state index < -0.39 is 10.0 Å². The van der Waals surface area contributed by atoms with E-state index >= 15 is 0 Å². The van der Waals surface area contributed by atoms with Gasteiger partial charge in [-0.25, -0.2) is 13.1 Å². The molecule has 1 fully saturated rings. The van der Waals surface area contributed by atoms with Gasteiger partial charge in [0.05, 0.1) is 5.75 Å². The molecule has 1 saturated carbocycles. The Kier molecular flexibility index (Phi) is 4.04. The molecule has 1 aliphatic rings. The zero-order valence-corrected chi connectivity index (χ0v) is 11.1. The molecule has 0 bridgehead atoms. The molecule has 4 nitrogen and oxygen atoms in total. The summed E-state index contributed by atoms with van der Waals surface area (Å²) in [5, 5.41) is 8.93. The third-order valence-corrected chi connectivity index (χ3v) is 4.76. The number of benzene rings is 1. The lowest BCUT2D eigenvalue weighted by Crippen LogP contribution is -2.31. The number of aliphatic hydroxyl groups is 1. The molecule has 0 radical (unpaired) electrons. The molecule has 0 aliphatic heterocycles. The Balaban J connectivity index is 1.88. The maximum Gasteiger partial charge on any atom is 0.215 e. The predicted molar refractivity (Wildman–Crippen MR) is 70.4 cm³/mol. The molecule has 0 saturated heterocycles.